The van der Waals surface area contributed by atoms with Crippen LogP contribution in [-0.4, -0.2) is 41.9 Å². The summed E-state index contributed by atoms with van der Waals surface area (Å²) < 4.78 is 11.8. The molecule has 1 aromatic carbocycles. The molecule has 0 bridgehead atoms. The molecule has 0 aliphatic rings. The zero-order valence-electron chi connectivity index (χ0n) is 16.6. The molecule has 0 N–H and O–H groups in total. The summed E-state index contributed by atoms with van der Waals surface area (Å²) in [5.41, 5.74) is 0. The molecule has 1 aromatic rings. The van der Waals surface area contributed by atoms with E-state index >= 15 is 0 Å². The summed E-state index contributed by atoms with van der Waals surface area (Å²) in [5, 5.41) is 0. The second-order valence-corrected chi connectivity index (χ2v) is 20.0. The van der Waals surface area contributed by atoms with Crippen molar-refractivity contribution in [3.63, 3.8) is 0 Å². The van der Waals surface area contributed by atoms with E-state index in [4.69, 9.17) is 4.74 Å². The fraction of sp³-hybridized carbons (Fsp3) is 0.650. The first kappa shape index (κ1) is 29.7. The van der Waals surface area contributed by atoms with Crippen molar-refractivity contribution in [2.45, 2.75) is 72.6 Å². The Labute approximate surface area is 178 Å². The number of unbranched alkanes of at least 4 members (excludes halogenated alkanes) is 3. The first-order valence-corrected chi connectivity index (χ1v) is 16.9. The number of rotatable bonds is 12. The molecule has 0 aliphatic carbocycles. The van der Waals surface area contributed by atoms with Crippen molar-refractivity contribution in [3.8, 4) is 5.75 Å². The summed E-state index contributed by atoms with van der Waals surface area (Å²) in [7, 11) is 0. The van der Waals surface area contributed by atoms with Crippen LogP contribution in [0.15, 0.2) is 24.3 Å². The van der Waals surface area contributed by atoms with Gasteiger partial charge in [-0.3, -0.25) is 0 Å². The Kier molecular flexibility index (Phi) is 23.2. The van der Waals surface area contributed by atoms with E-state index in [1.165, 1.54) is 51.8 Å². The van der Waals surface area contributed by atoms with Crippen LogP contribution in [-0.2, 0) is 17.1 Å². The summed E-state index contributed by atoms with van der Waals surface area (Å²) in [6.45, 7) is 6.96. The predicted octanol–water partition coefficient (Wildman–Crippen LogP) is 6.32. The van der Waals surface area contributed by atoms with Gasteiger partial charge in [-0.15, -0.1) is 0 Å². The van der Waals surface area contributed by atoms with Gasteiger partial charge < -0.3 is 7.43 Å². The van der Waals surface area contributed by atoms with E-state index in [-0.39, 0.29) is 43.4 Å². The first-order chi connectivity index (χ1) is 10.3. The van der Waals surface area contributed by atoms with E-state index in [0.717, 1.165) is 10.4 Å². The molecule has 0 fully saturated rings. The molecule has 0 atom stereocenters. The van der Waals surface area contributed by atoms with E-state index in [1.807, 2.05) is 18.2 Å². The van der Waals surface area contributed by atoms with Crippen LogP contribution < -0.4 is 4.74 Å². The van der Waals surface area contributed by atoms with E-state index in [0.29, 0.717) is 0 Å². The third-order valence-corrected chi connectivity index (χ3v) is 18.7. The first-order valence-electron chi connectivity index (χ1n) is 8.86. The molecule has 0 spiro atoms. The molecule has 1 rings (SSSR count). The Morgan fingerprint density at radius 2 is 1.42 bits per heavy atom. The Morgan fingerprint density at radius 1 is 0.917 bits per heavy atom. The zero-order chi connectivity index (χ0) is 15.4. The van der Waals surface area contributed by atoms with Crippen LogP contribution >= 0.6 is 0 Å². The van der Waals surface area contributed by atoms with Gasteiger partial charge in [-0.1, -0.05) is 0 Å². The van der Waals surface area contributed by atoms with Crippen LogP contribution in [0.2, 0.25) is 13.3 Å². The molecule has 0 aliphatic heterocycles. The Hall–Kier alpha value is 0.936. The summed E-state index contributed by atoms with van der Waals surface area (Å²) in [4.78, 5) is 0. The van der Waals surface area contributed by atoms with Crippen molar-refractivity contribution in [2.75, 3.05) is 4.62 Å². The number of benzene rings is 1. The molecule has 1 nitrogen and oxygen atoms in total. The number of hydrogen-bond acceptors (Lipinski definition) is 1. The van der Waals surface area contributed by atoms with Crippen LogP contribution in [0.25, 0.3) is 0 Å². The van der Waals surface area contributed by atoms with Gasteiger partial charge in [0, 0.05) is 18.9 Å². The third-order valence-electron chi connectivity index (χ3n) is 4.40. The summed E-state index contributed by atoms with van der Waals surface area (Å²) in [5.74, 6) is 0.947. The van der Waals surface area contributed by atoms with Crippen LogP contribution in [0.3, 0.4) is 0 Å². The zero-order valence-corrected chi connectivity index (χ0v) is 20.4. The standard InChI is InChI=1S/C7H6O.3C4H9.CH3.Cu.Li.Sn/c1-8-7-5-3-2-4-6-7;3*1-3-4-2;;;;/h2-5H,1H2;3*1,3-4H2,2H3;1H3;;;/q-1;;;;-1;+2;;. The van der Waals surface area contributed by atoms with E-state index < -0.39 is 18.4 Å². The van der Waals surface area contributed by atoms with Crippen LogP contribution in [0, 0.1) is 13.5 Å². The Bertz CT molecular complexity index is 340. The maximum absolute atomic E-state index is 6.20. The normalized spacial score (nSPS) is 10.1. The van der Waals surface area contributed by atoms with Gasteiger partial charge in [-0.25, -0.2) is 0 Å². The fourth-order valence-electron chi connectivity index (χ4n) is 2.94. The van der Waals surface area contributed by atoms with E-state index in [2.05, 4.69) is 32.9 Å². The van der Waals surface area contributed by atoms with Crippen LogP contribution in [0.1, 0.15) is 59.3 Å². The average Bonchev–Trinajstić information content (AvgIpc) is 2.54. The SMILES string of the molecule is CCC[CH2][Sn]([CH2]CCC)([CH2]CCC)[CH2]Oc1[c-]cccc1.[CH3-].[Cu+2].[Li]. The summed E-state index contributed by atoms with van der Waals surface area (Å²) in [6.07, 6.45) is 8.21. The summed E-state index contributed by atoms with van der Waals surface area (Å²) >= 11 is -2.13. The maximum Gasteiger partial charge on any atom is 2.00 e. The van der Waals surface area contributed by atoms with Gasteiger partial charge in [-0.2, -0.15) is 0 Å². The smallest absolute Gasteiger partial charge is 0.358 e. The van der Waals surface area contributed by atoms with Crippen molar-refractivity contribution >= 4 is 37.2 Å². The molecular weight excluding hydrogens is 445 g/mol. The van der Waals surface area contributed by atoms with Gasteiger partial charge in [-0.05, 0) is 0 Å². The molecule has 0 heterocycles. The van der Waals surface area contributed by atoms with Gasteiger partial charge in [0.15, 0.2) is 0 Å². The molecule has 138 valence electrons. The van der Waals surface area contributed by atoms with E-state index in [1.54, 1.807) is 0 Å². The second kappa shape index (κ2) is 18.7. The molecule has 0 aromatic heterocycles. The quantitative estimate of drug-likeness (QED) is 0.251. The van der Waals surface area contributed by atoms with Crippen LogP contribution in [0.4, 0.5) is 0 Å². The van der Waals surface area contributed by atoms with Crippen molar-refractivity contribution < 1.29 is 21.8 Å². The van der Waals surface area contributed by atoms with Gasteiger partial charge in [0.25, 0.3) is 0 Å². The van der Waals surface area contributed by atoms with Crippen molar-refractivity contribution in [1.29, 1.82) is 0 Å². The van der Waals surface area contributed by atoms with Gasteiger partial charge in [0.1, 0.15) is 0 Å². The maximum atomic E-state index is 6.20. The van der Waals surface area contributed by atoms with Crippen molar-refractivity contribution in [1.82, 2.24) is 0 Å². The largest absolute Gasteiger partial charge is 2.00 e. The monoisotopic (exact) mass is 482 g/mol. The van der Waals surface area contributed by atoms with Crippen molar-refractivity contribution in [2.24, 2.45) is 0 Å². The van der Waals surface area contributed by atoms with Gasteiger partial charge in [0.05, 0.1) is 0 Å². The molecule has 24 heavy (non-hydrogen) atoms. The number of ether oxygens (including phenoxy) is 1. The van der Waals surface area contributed by atoms with E-state index in [9.17, 15) is 0 Å². The second-order valence-electron chi connectivity index (χ2n) is 6.33. The average molecular weight is 482 g/mol. The Balaban J connectivity index is -0.00000147. The molecular formula is C20H36CuLiOSn. The molecule has 0 saturated heterocycles. The molecule has 0 unspecified atom stereocenters. The minimum atomic E-state index is -2.13. The van der Waals surface area contributed by atoms with Gasteiger partial charge >= 0.3 is 153 Å². The summed E-state index contributed by atoms with van der Waals surface area (Å²) in [6, 6.07) is 11.3. The van der Waals surface area contributed by atoms with Crippen LogP contribution in [0.5, 0.6) is 5.75 Å². The topological polar surface area (TPSA) is 9.23 Å². The minimum Gasteiger partial charge on any atom is -0.358 e. The number of hydrogen-bond donors (Lipinski definition) is 0. The predicted molar refractivity (Wildman–Crippen MR) is 108 cm³/mol. The minimum absolute atomic E-state index is 0. The van der Waals surface area contributed by atoms with Crippen molar-refractivity contribution in [3.05, 3.63) is 37.8 Å². The molecule has 4 heteroatoms. The molecule has 0 saturated carbocycles. The molecule has 2 radical (unpaired) electrons. The molecule has 0 amide bonds. The Morgan fingerprint density at radius 3 is 1.79 bits per heavy atom. The third kappa shape index (κ3) is 12.3. The number of para-hydroxylation sites is 1. The fourth-order valence-corrected chi connectivity index (χ4v) is 17.1. The van der Waals surface area contributed by atoms with Gasteiger partial charge in [0.2, 0.25) is 0 Å².